The van der Waals surface area contributed by atoms with Gasteiger partial charge < -0.3 is 10.1 Å². The van der Waals surface area contributed by atoms with Gasteiger partial charge in [0.2, 0.25) is 0 Å². The van der Waals surface area contributed by atoms with Crippen molar-refractivity contribution in [3.05, 3.63) is 65.5 Å². The van der Waals surface area contributed by atoms with Crippen molar-refractivity contribution in [2.75, 3.05) is 13.2 Å². The Balaban J connectivity index is 1.53. The molecule has 112 valence electrons. The predicted molar refractivity (Wildman–Crippen MR) is 84.0 cm³/mol. The van der Waals surface area contributed by atoms with Gasteiger partial charge in [-0.05, 0) is 61.7 Å². The van der Waals surface area contributed by atoms with E-state index in [2.05, 4.69) is 18.3 Å². The van der Waals surface area contributed by atoms with Crippen LogP contribution in [0.4, 0.5) is 4.39 Å². The summed E-state index contributed by atoms with van der Waals surface area (Å²) in [7, 11) is 0. The summed E-state index contributed by atoms with van der Waals surface area (Å²) in [6, 6.07) is 14.7. The smallest absolute Gasteiger partial charge is 0.123 e. The molecule has 3 heteroatoms. The Morgan fingerprint density at radius 1 is 1.05 bits per heavy atom. The highest BCUT2D eigenvalue weighted by molar-refractivity contribution is 5.27. The number of halogens is 1. The van der Waals surface area contributed by atoms with Crippen molar-refractivity contribution in [1.82, 2.24) is 5.32 Å². The second-order valence-corrected chi connectivity index (χ2v) is 5.18. The summed E-state index contributed by atoms with van der Waals surface area (Å²) in [6.45, 7) is 4.52. The number of benzene rings is 2. The summed E-state index contributed by atoms with van der Waals surface area (Å²) in [6.07, 6.45) is 2.08. The molecule has 0 unspecified atom stereocenters. The Morgan fingerprint density at radius 2 is 1.86 bits per heavy atom. The third-order valence-electron chi connectivity index (χ3n) is 3.25. The van der Waals surface area contributed by atoms with Crippen LogP contribution in [0.1, 0.15) is 24.0 Å². The number of hydrogen-bond donors (Lipinski definition) is 1. The maximum Gasteiger partial charge on any atom is 0.123 e. The number of hydrogen-bond acceptors (Lipinski definition) is 2. The maximum absolute atomic E-state index is 12.7. The lowest BCUT2D eigenvalue weighted by Gasteiger charge is -2.07. The normalized spacial score (nSPS) is 10.6. The lowest BCUT2D eigenvalue weighted by molar-refractivity contribution is 0.305. The van der Waals surface area contributed by atoms with Crippen molar-refractivity contribution in [1.29, 1.82) is 0 Å². The van der Waals surface area contributed by atoms with Gasteiger partial charge in [-0.2, -0.15) is 0 Å². The van der Waals surface area contributed by atoms with Gasteiger partial charge in [0, 0.05) is 6.54 Å². The molecule has 2 aromatic rings. The first-order valence-electron chi connectivity index (χ1n) is 7.39. The van der Waals surface area contributed by atoms with Gasteiger partial charge in [-0.25, -0.2) is 4.39 Å². The molecule has 0 spiro atoms. The van der Waals surface area contributed by atoms with Crippen LogP contribution in [0.3, 0.4) is 0 Å². The van der Waals surface area contributed by atoms with E-state index in [4.69, 9.17) is 4.74 Å². The molecule has 0 aliphatic heterocycles. The zero-order valence-electron chi connectivity index (χ0n) is 12.4. The molecule has 2 nitrogen and oxygen atoms in total. The van der Waals surface area contributed by atoms with Crippen LogP contribution in [-0.2, 0) is 6.54 Å². The minimum Gasteiger partial charge on any atom is -0.494 e. The summed E-state index contributed by atoms with van der Waals surface area (Å²) in [5, 5.41) is 3.35. The number of unbranched alkanes of at least 4 members (excludes halogenated alkanes) is 1. The van der Waals surface area contributed by atoms with Gasteiger partial charge in [0.1, 0.15) is 11.6 Å². The van der Waals surface area contributed by atoms with Gasteiger partial charge >= 0.3 is 0 Å². The minimum atomic E-state index is -0.188. The fourth-order valence-electron chi connectivity index (χ4n) is 2.08. The van der Waals surface area contributed by atoms with Gasteiger partial charge in [-0.15, -0.1) is 0 Å². The predicted octanol–water partition coefficient (Wildman–Crippen LogP) is 4.08. The van der Waals surface area contributed by atoms with Crippen LogP contribution in [0.5, 0.6) is 5.75 Å². The summed E-state index contributed by atoms with van der Waals surface area (Å²) in [5.41, 5.74) is 2.32. The third-order valence-corrected chi connectivity index (χ3v) is 3.25. The molecular weight excluding hydrogens is 265 g/mol. The van der Waals surface area contributed by atoms with Crippen LogP contribution < -0.4 is 10.1 Å². The maximum atomic E-state index is 12.7. The standard InChI is InChI=1S/C18H22FNO/c1-15-5-4-6-18(13-15)21-12-3-2-11-20-14-16-7-9-17(19)10-8-16/h4-10,13,20H,2-3,11-12,14H2,1H3. The van der Waals surface area contributed by atoms with Gasteiger partial charge in [0.25, 0.3) is 0 Å². The lowest BCUT2D eigenvalue weighted by Crippen LogP contribution is -2.15. The first-order valence-corrected chi connectivity index (χ1v) is 7.39. The average molecular weight is 287 g/mol. The number of rotatable bonds is 8. The van der Waals surface area contributed by atoms with Gasteiger partial charge in [-0.3, -0.25) is 0 Å². The summed E-state index contributed by atoms with van der Waals surface area (Å²) in [4.78, 5) is 0. The highest BCUT2D eigenvalue weighted by atomic mass is 19.1. The molecule has 0 aliphatic carbocycles. The number of ether oxygens (including phenoxy) is 1. The summed E-state index contributed by atoms with van der Waals surface area (Å²) in [5.74, 6) is 0.751. The average Bonchev–Trinajstić information content (AvgIpc) is 2.48. The summed E-state index contributed by atoms with van der Waals surface area (Å²) < 4.78 is 18.4. The zero-order valence-corrected chi connectivity index (χ0v) is 12.4. The highest BCUT2D eigenvalue weighted by Crippen LogP contribution is 2.12. The van der Waals surface area contributed by atoms with Crippen LogP contribution >= 0.6 is 0 Å². The third kappa shape index (κ3) is 5.96. The Morgan fingerprint density at radius 3 is 2.62 bits per heavy atom. The van der Waals surface area contributed by atoms with Crippen molar-refractivity contribution in [2.45, 2.75) is 26.3 Å². The Hall–Kier alpha value is -1.87. The molecule has 2 aromatic carbocycles. The molecular formula is C18H22FNO. The quantitative estimate of drug-likeness (QED) is 0.739. The van der Waals surface area contributed by atoms with E-state index >= 15 is 0 Å². The van der Waals surface area contributed by atoms with Crippen LogP contribution in [0.15, 0.2) is 48.5 Å². The SMILES string of the molecule is Cc1cccc(OCCCCNCc2ccc(F)cc2)c1. The van der Waals surface area contributed by atoms with Crippen LogP contribution in [0.25, 0.3) is 0 Å². The molecule has 0 saturated carbocycles. The highest BCUT2D eigenvalue weighted by Gasteiger charge is 1.96. The fraction of sp³-hybridized carbons (Fsp3) is 0.333. The van der Waals surface area contributed by atoms with Crippen molar-refractivity contribution in [3.8, 4) is 5.75 Å². The molecule has 1 N–H and O–H groups in total. The second kappa shape index (κ2) is 8.42. The monoisotopic (exact) mass is 287 g/mol. The molecule has 21 heavy (non-hydrogen) atoms. The molecule has 0 heterocycles. The molecule has 2 rings (SSSR count). The van der Waals surface area contributed by atoms with E-state index in [1.807, 2.05) is 30.3 Å². The van der Waals surface area contributed by atoms with E-state index in [-0.39, 0.29) is 5.82 Å². The van der Waals surface area contributed by atoms with E-state index in [0.29, 0.717) is 0 Å². The first kappa shape index (κ1) is 15.5. The van der Waals surface area contributed by atoms with Crippen LogP contribution in [0, 0.1) is 12.7 Å². The Labute approximate surface area is 126 Å². The van der Waals surface area contributed by atoms with Crippen molar-refractivity contribution in [2.24, 2.45) is 0 Å². The van der Waals surface area contributed by atoms with Crippen molar-refractivity contribution in [3.63, 3.8) is 0 Å². The molecule has 0 amide bonds. The van der Waals surface area contributed by atoms with Gasteiger partial charge in [-0.1, -0.05) is 24.3 Å². The Bertz CT molecular complexity index is 539. The minimum absolute atomic E-state index is 0.188. The van der Waals surface area contributed by atoms with Crippen LogP contribution in [-0.4, -0.2) is 13.2 Å². The molecule has 0 aliphatic rings. The van der Waals surface area contributed by atoms with E-state index in [1.165, 1.54) is 17.7 Å². The summed E-state index contributed by atoms with van der Waals surface area (Å²) >= 11 is 0. The van der Waals surface area contributed by atoms with E-state index < -0.39 is 0 Å². The lowest BCUT2D eigenvalue weighted by atomic mass is 10.2. The molecule has 0 atom stereocenters. The van der Waals surface area contributed by atoms with E-state index in [0.717, 1.165) is 43.9 Å². The molecule has 0 aromatic heterocycles. The van der Waals surface area contributed by atoms with Crippen molar-refractivity contribution >= 4 is 0 Å². The fourth-order valence-corrected chi connectivity index (χ4v) is 2.08. The number of aryl methyl sites for hydroxylation is 1. The largest absolute Gasteiger partial charge is 0.494 e. The number of nitrogens with one attached hydrogen (secondary N) is 1. The van der Waals surface area contributed by atoms with Gasteiger partial charge in [0.05, 0.1) is 6.61 Å². The Kier molecular flexibility index (Phi) is 6.22. The van der Waals surface area contributed by atoms with Crippen molar-refractivity contribution < 1.29 is 9.13 Å². The topological polar surface area (TPSA) is 21.3 Å². The second-order valence-electron chi connectivity index (χ2n) is 5.18. The molecule has 0 fully saturated rings. The van der Waals surface area contributed by atoms with E-state index in [1.54, 1.807) is 0 Å². The van der Waals surface area contributed by atoms with Crippen LogP contribution in [0.2, 0.25) is 0 Å². The zero-order chi connectivity index (χ0) is 14.9. The molecule has 0 radical (unpaired) electrons. The molecule has 0 bridgehead atoms. The van der Waals surface area contributed by atoms with Gasteiger partial charge in [0.15, 0.2) is 0 Å². The first-order chi connectivity index (χ1) is 10.2. The molecule has 0 saturated heterocycles. The van der Waals surface area contributed by atoms with E-state index in [9.17, 15) is 4.39 Å².